The fraction of sp³-hybridized carbons (Fsp3) is 0.667. The Kier molecular flexibility index (Phi) is 6.88. The molecule has 2 heterocycles. The van der Waals surface area contributed by atoms with Crippen LogP contribution in [0.25, 0.3) is 0 Å². The highest BCUT2D eigenvalue weighted by Crippen LogP contribution is 2.26. The van der Waals surface area contributed by atoms with Crippen LogP contribution in [0.2, 0.25) is 0 Å². The molecule has 2 aliphatic rings. The third kappa shape index (κ3) is 5.55. The quantitative estimate of drug-likeness (QED) is 0.800. The zero-order valence-electron chi connectivity index (χ0n) is 15.5. The van der Waals surface area contributed by atoms with Crippen molar-refractivity contribution in [2.45, 2.75) is 45.1 Å². The zero-order chi connectivity index (χ0) is 17.5. The van der Waals surface area contributed by atoms with Crippen molar-refractivity contribution in [2.24, 2.45) is 11.8 Å². The Labute approximate surface area is 152 Å². The third-order valence-corrected chi connectivity index (χ3v) is 5.88. The highest BCUT2D eigenvalue weighted by atomic mass is 16.1. The summed E-state index contributed by atoms with van der Waals surface area (Å²) >= 11 is 0. The third-order valence-electron chi connectivity index (χ3n) is 5.88. The number of amides is 1. The van der Waals surface area contributed by atoms with Gasteiger partial charge in [-0.3, -0.25) is 9.69 Å². The molecule has 0 spiro atoms. The van der Waals surface area contributed by atoms with Crippen LogP contribution in [0.5, 0.6) is 0 Å². The van der Waals surface area contributed by atoms with E-state index < -0.39 is 0 Å². The Hall–Kier alpha value is -1.39. The van der Waals surface area contributed by atoms with Gasteiger partial charge in [-0.1, -0.05) is 37.3 Å². The summed E-state index contributed by atoms with van der Waals surface area (Å²) in [7, 11) is 0. The minimum Gasteiger partial charge on any atom is -0.354 e. The van der Waals surface area contributed by atoms with Crippen molar-refractivity contribution in [3.63, 3.8) is 0 Å². The van der Waals surface area contributed by atoms with Crippen LogP contribution < -0.4 is 10.6 Å². The van der Waals surface area contributed by atoms with Crippen LogP contribution >= 0.6 is 0 Å². The lowest BCUT2D eigenvalue weighted by atomic mass is 9.95. The fourth-order valence-corrected chi connectivity index (χ4v) is 4.07. The van der Waals surface area contributed by atoms with Crippen LogP contribution in [0.4, 0.5) is 0 Å². The molecule has 2 unspecified atom stereocenters. The summed E-state index contributed by atoms with van der Waals surface area (Å²) in [6, 6.07) is 10.9. The summed E-state index contributed by atoms with van der Waals surface area (Å²) in [6.07, 6.45) is 5.39. The molecule has 2 aliphatic heterocycles. The van der Waals surface area contributed by atoms with E-state index in [0.29, 0.717) is 18.4 Å². The average molecular weight is 344 g/mol. The fourth-order valence-electron chi connectivity index (χ4n) is 4.07. The van der Waals surface area contributed by atoms with Crippen molar-refractivity contribution in [3.05, 3.63) is 35.9 Å². The lowest BCUT2D eigenvalue weighted by Gasteiger charge is -2.37. The second kappa shape index (κ2) is 9.35. The highest BCUT2D eigenvalue weighted by Gasteiger charge is 2.25. The van der Waals surface area contributed by atoms with Crippen LogP contribution in [0.1, 0.15) is 50.6 Å². The van der Waals surface area contributed by atoms with Crippen LogP contribution in [0, 0.1) is 11.8 Å². The Morgan fingerprint density at radius 2 is 2.00 bits per heavy atom. The molecule has 3 rings (SSSR count). The number of carbonyl (C=O) groups excluding carboxylic acids is 1. The summed E-state index contributed by atoms with van der Waals surface area (Å²) in [6.45, 7) is 7.50. The minimum atomic E-state index is 0.207. The molecule has 2 saturated heterocycles. The number of piperidine rings is 1. The molecule has 0 bridgehead atoms. The largest absolute Gasteiger partial charge is 0.354 e. The molecule has 2 N–H and O–H groups in total. The smallest absolute Gasteiger partial charge is 0.220 e. The van der Waals surface area contributed by atoms with E-state index in [1.165, 1.54) is 24.8 Å². The zero-order valence-corrected chi connectivity index (χ0v) is 15.5. The lowest BCUT2D eigenvalue weighted by Crippen LogP contribution is -2.42. The minimum absolute atomic E-state index is 0.207. The molecule has 4 heteroatoms. The van der Waals surface area contributed by atoms with Crippen molar-refractivity contribution in [1.29, 1.82) is 0 Å². The van der Waals surface area contributed by atoms with E-state index in [9.17, 15) is 4.79 Å². The van der Waals surface area contributed by atoms with Gasteiger partial charge in [-0.05, 0) is 69.3 Å². The van der Waals surface area contributed by atoms with Crippen molar-refractivity contribution < 1.29 is 4.79 Å². The van der Waals surface area contributed by atoms with Crippen molar-refractivity contribution >= 4 is 5.91 Å². The van der Waals surface area contributed by atoms with Gasteiger partial charge in [0.05, 0.1) is 6.04 Å². The van der Waals surface area contributed by atoms with Gasteiger partial charge in [-0.25, -0.2) is 0 Å². The second-order valence-corrected chi connectivity index (χ2v) is 7.85. The first-order valence-corrected chi connectivity index (χ1v) is 9.99. The van der Waals surface area contributed by atoms with Crippen molar-refractivity contribution in [3.8, 4) is 0 Å². The maximum absolute atomic E-state index is 12.3. The van der Waals surface area contributed by atoms with Gasteiger partial charge in [0.1, 0.15) is 0 Å². The van der Waals surface area contributed by atoms with Crippen LogP contribution in [0.15, 0.2) is 30.3 Å². The van der Waals surface area contributed by atoms with E-state index in [2.05, 4.69) is 52.8 Å². The normalized spacial score (nSPS) is 23.5. The molecule has 1 aromatic carbocycles. The molecule has 0 saturated carbocycles. The molecule has 1 aromatic rings. The first-order valence-electron chi connectivity index (χ1n) is 9.99. The number of nitrogens with zero attached hydrogens (tertiary/aromatic N) is 1. The van der Waals surface area contributed by atoms with E-state index in [-0.39, 0.29) is 5.91 Å². The standard InChI is InChI=1S/C21H33N3O/c1-17-10-13-24(14-11-17)20(19-5-3-2-4-6-19)16-23-21(25)8-7-18-9-12-22-15-18/h2-6,17-18,20,22H,7-16H2,1H3,(H,23,25). The van der Waals surface area contributed by atoms with E-state index in [4.69, 9.17) is 0 Å². The van der Waals surface area contributed by atoms with Crippen LogP contribution in [-0.4, -0.2) is 43.5 Å². The van der Waals surface area contributed by atoms with E-state index >= 15 is 0 Å². The predicted octanol–water partition coefficient (Wildman–Crippen LogP) is 2.97. The first kappa shape index (κ1) is 18.4. The maximum Gasteiger partial charge on any atom is 0.220 e. The van der Waals surface area contributed by atoms with E-state index in [0.717, 1.165) is 45.1 Å². The van der Waals surface area contributed by atoms with Gasteiger partial charge in [-0.2, -0.15) is 0 Å². The Balaban J connectivity index is 1.53. The SMILES string of the molecule is CC1CCN(C(CNC(=O)CCC2CCNC2)c2ccccc2)CC1. The molecule has 138 valence electrons. The molecule has 0 aliphatic carbocycles. The van der Waals surface area contributed by atoms with Crippen LogP contribution in [0.3, 0.4) is 0 Å². The van der Waals surface area contributed by atoms with E-state index in [1.807, 2.05) is 0 Å². The average Bonchev–Trinajstić information content (AvgIpc) is 3.16. The number of carbonyl (C=O) groups is 1. The lowest BCUT2D eigenvalue weighted by molar-refractivity contribution is -0.121. The molecular weight excluding hydrogens is 310 g/mol. The van der Waals surface area contributed by atoms with Gasteiger partial charge in [0.25, 0.3) is 0 Å². The molecule has 4 nitrogen and oxygen atoms in total. The highest BCUT2D eigenvalue weighted by molar-refractivity contribution is 5.75. The summed E-state index contributed by atoms with van der Waals surface area (Å²) in [5.41, 5.74) is 1.32. The van der Waals surface area contributed by atoms with Gasteiger partial charge < -0.3 is 10.6 Å². The van der Waals surface area contributed by atoms with Gasteiger partial charge in [0, 0.05) is 13.0 Å². The molecule has 0 aromatic heterocycles. The molecular formula is C21H33N3O. The molecule has 1 amide bonds. The van der Waals surface area contributed by atoms with Gasteiger partial charge in [-0.15, -0.1) is 0 Å². The number of rotatable bonds is 7. The molecule has 25 heavy (non-hydrogen) atoms. The van der Waals surface area contributed by atoms with Crippen LogP contribution in [-0.2, 0) is 4.79 Å². The second-order valence-electron chi connectivity index (χ2n) is 7.85. The number of benzene rings is 1. The Morgan fingerprint density at radius 1 is 1.24 bits per heavy atom. The number of hydrogen-bond acceptors (Lipinski definition) is 3. The Morgan fingerprint density at radius 3 is 2.68 bits per heavy atom. The number of likely N-dealkylation sites (tertiary alicyclic amines) is 1. The summed E-state index contributed by atoms with van der Waals surface area (Å²) in [5.74, 6) is 1.71. The topological polar surface area (TPSA) is 44.4 Å². The molecule has 2 fully saturated rings. The van der Waals surface area contributed by atoms with Gasteiger partial charge in [0.15, 0.2) is 0 Å². The maximum atomic E-state index is 12.3. The predicted molar refractivity (Wildman–Crippen MR) is 102 cm³/mol. The monoisotopic (exact) mass is 343 g/mol. The molecule has 0 radical (unpaired) electrons. The summed E-state index contributed by atoms with van der Waals surface area (Å²) < 4.78 is 0. The van der Waals surface area contributed by atoms with Crippen molar-refractivity contribution in [2.75, 3.05) is 32.7 Å². The van der Waals surface area contributed by atoms with Crippen molar-refractivity contribution in [1.82, 2.24) is 15.5 Å². The molecule has 2 atom stereocenters. The van der Waals surface area contributed by atoms with Gasteiger partial charge in [0.2, 0.25) is 5.91 Å². The summed E-state index contributed by atoms with van der Waals surface area (Å²) in [4.78, 5) is 14.9. The number of hydrogen-bond donors (Lipinski definition) is 2. The first-order chi connectivity index (χ1) is 12.2. The summed E-state index contributed by atoms with van der Waals surface area (Å²) in [5, 5.41) is 6.59. The number of nitrogens with one attached hydrogen (secondary N) is 2. The Bertz CT molecular complexity index is 519. The van der Waals surface area contributed by atoms with Gasteiger partial charge >= 0.3 is 0 Å². The van der Waals surface area contributed by atoms with E-state index in [1.54, 1.807) is 0 Å².